The van der Waals surface area contributed by atoms with Crippen LogP contribution in [-0.4, -0.2) is 29.9 Å². The van der Waals surface area contributed by atoms with E-state index in [-0.39, 0.29) is 18.1 Å². The Morgan fingerprint density at radius 3 is 1.23 bits per heavy atom. The molecule has 0 N–H and O–H groups in total. The first-order chi connectivity index (χ1) is 21.8. The Kier molecular flexibility index (Phi) is 7.34. The molecule has 47 heavy (non-hydrogen) atoms. The predicted octanol–water partition coefficient (Wildman–Crippen LogP) is 10.7. The summed E-state index contributed by atoms with van der Waals surface area (Å²) >= 11 is 0. The van der Waals surface area contributed by atoms with E-state index in [0.29, 0.717) is 28.7 Å². The Labute approximate surface area is 258 Å². The number of halogens is 13. The summed E-state index contributed by atoms with van der Waals surface area (Å²) in [4.78, 5) is 0. The van der Waals surface area contributed by atoms with Crippen molar-refractivity contribution in [3.8, 4) is 0 Å². The Hall–Kier alpha value is -4.03. The highest BCUT2D eigenvalue weighted by molar-refractivity contribution is 5.61. The molecule has 0 aliphatic heterocycles. The third-order valence-electron chi connectivity index (χ3n) is 9.04. The van der Waals surface area contributed by atoms with E-state index >= 15 is 17.6 Å². The highest BCUT2D eigenvalue weighted by Gasteiger charge is 2.91. The fraction of sp³-hybridized carbons (Fsp3) is 0.294. The summed E-state index contributed by atoms with van der Waals surface area (Å²) < 4.78 is 186. The molecule has 0 radical (unpaired) electrons. The van der Waals surface area contributed by atoms with Gasteiger partial charge in [0.15, 0.2) is 0 Å². The third kappa shape index (κ3) is 4.51. The Morgan fingerprint density at radius 2 is 0.766 bits per heavy atom. The molecule has 0 saturated carbocycles. The molecule has 0 aromatic heterocycles. The van der Waals surface area contributed by atoms with Gasteiger partial charge in [-0.3, -0.25) is 0 Å². The zero-order valence-electron chi connectivity index (χ0n) is 23.6. The van der Waals surface area contributed by atoms with Crippen LogP contribution in [0.4, 0.5) is 57.1 Å². The number of benzene rings is 4. The van der Waals surface area contributed by atoms with Crippen molar-refractivity contribution in [3.63, 3.8) is 0 Å². The lowest BCUT2D eigenvalue weighted by molar-refractivity contribution is -0.441. The van der Waals surface area contributed by atoms with E-state index < -0.39 is 58.8 Å². The first-order valence-corrected chi connectivity index (χ1v) is 14.1. The third-order valence-corrected chi connectivity index (χ3v) is 9.04. The van der Waals surface area contributed by atoms with Gasteiger partial charge in [-0.1, -0.05) is 91.0 Å². The molecule has 2 aliphatic rings. The van der Waals surface area contributed by atoms with Crippen LogP contribution >= 0.6 is 0 Å². The summed E-state index contributed by atoms with van der Waals surface area (Å²) in [7, 11) is 0. The van der Waals surface area contributed by atoms with Crippen LogP contribution in [-0.2, 0) is 18.8 Å². The van der Waals surface area contributed by atoms with Crippen molar-refractivity contribution in [3.05, 3.63) is 141 Å². The van der Waals surface area contributed by atoms with Gasteiger partial charge in [-0.05, 0) is 57.3 Å². The van der Waals surface area contributed by atoms with Crippen LogP contribution in [0, 0.1) is 0 Å². The average Bonchev–Trinajstić information content (AvgIpc) is 3.01. The molecular formula is C34H21F13. The zero-order chi connectivity index (χ0) is 34.4. The van der Waals surface area contributed by atoms with Gasteiger partial charge in [0.1, 0.15) is 0 Å². The first kappa shape index (κ1) is 32.9. The molecule has 0 amide bonds. The summed E-state index contributed by atoms with van der Waals surface area (Å²) in [5.74, 6) is -39.7. The molecular weight excluding hydrogens is 655 g/mol. The summed E-state index contributed by atoms with van der Waals surface area (Å²) in [6.07, 6.45) is -7.27. The van der Waals surface area contributed by atoms with Crippen LogP contribution in [0.15, 0.2) is 91.0 Å². The van der Waals surface area contributed by atoms with Crippen molar-refractivity contribution in [1.29, 1.82) is 0 Å². The van der Waals surface area contributed by atoms with Gasteiger partial charge >= 0.3 is 35.8 Å². The summed E-state index contributed by atoms with van der Waals surface area (Å²) in [6, 6.07) is 22.2. The van der Waals surface area contributed by atoms with Crippen LogP contribution in [0.2, 0.25) is 0 Å². The maximum absolute atomic E-state index is 16.1. The van der Waals surface area contributed by atoms with Crippen LogP contribution in [0.3, 0.4) is 0 Å². The smallest absolute Gasteiger partial charge is 0.194 e. The van der Waals surface area contributed by atoms with Gasteiger partial charge in [-0.25, -0.2) is 0 Å². The molecule has 0 saturated heterocycles. The maximum Gasteiger partial charge on any atom is 0.460 e. The number of fused-ring (bicyclic) bond motifs is 4. The molecule has 4 aromatic carbocycles. The van der Waals surface area contributed by atoms with E-state index in [0.717, 1.165) is 17.2 Å². The minimum atomic E-state index is -7.98. The lowest BCUT2D eigenvalue weighted by Crippen LogP contribution is -2.69. The molecule has 0 heterocycles. The normalized spacial score (nSPS) is 17.4. The summed E-state index contributed by atoms with van der Waals surface area (Å²) in [5, 5.41) is 0. The van der Waals surface area contributed by atoms with Crippen molar-refractivity contribution in [2.24, 2.45) is 0 Å². The van der Waals surface area contributed by atoms with Crippen molar-refractivity contribution < 1.29 is 57.1 Å². The predicted molar refractivity (Wildman–Crippen MR) is 145 cm³/mol. The van der Waals surface area contributed by atoms with E-state index in [9.17, 15) is 39.5 Å². The average molecular weight is 677 g/mol. The minimum Gasteiger partial charge on any atom is -0.194 e. The van der Waals surface area contributed by atoms with E-state index in [4.69, 9.17) is 0 Å². The summed E-state index contributed by atoms with van der Waals surface area (Å²) in [5.41, 5.74) is 0.878. The number of hydrogen-bond donors (Lipinski definition) is 0. The second kappa shape index (κ2) is 10.5. The molecule has 2 aliphatic carbocycles. The van der Waals surface area contributed by atoms with Crippen molar-refractivity contribution >= 4 is 0 Å². The number of hydrogen-bond acceptors (Lipinski definition) is 0. The largest absolute Gasteiger partial charge is 0.460 e. The Morgan fingerprint density at radius 1 is 0.383 bits per heavy atom. The van der Waals surface area contributed by atoms with Crippen LogP contribution < -0.4 is 0 Å². The fourth-order valence-corrected chi connectivity index (χ4v) is 6.78. The molecule has 0 fully saturated rings. The highest BCUT2D eigenvalue weighted by Crippen LogP contribution is 2.63. The second-order valence-electron chi connectivity index (χ2n) is 11.7. The molecule has 13 heteroatoms. The molecule has 1 unspecified atom stereocenters. The quantitative estimate of drug-likeness (QED) is 0.178. The molecule has 1 atom stereocenters. The van der Waals surface area contributed by atoms with Crippen molar-refractivity contribution in [1.82, 2.24) is 0 Å². The summed E-state index contributed by atoms with van der Waals surface area (Å²) in [6.45, 7) is 0. The maximum atomic E-state index is 16.1. The van der Waals surface area contributed by atoms with E-state index in [1.54, 1.807) is 60.7 Å². The van der Waals surface area contributed by atoms with E-state index in [2.05, 4.69) is 0 Å². The van der Waals surface area contributed by atoms with Gasteiger partial charge in [0.25, 0.3) is 0 Å². The van der Waals surface area contributed by atoms with Crippen LogP contribution in [0.1, 0.15) is 61.9 Å². The minimum absolute atomic E-state index is 0.0714. The van der Waals surface area contributed by atoms with Crippen molar-refractivity contribution in [2.45, 2.75) is 60.5 Å². The van der Waals surface area contributed by atoms with Gasteiger partial charge < -0.3 is 0 Å². The lowest BCUT2D eigenvalue weighted by atomic mass is 9.63. The number of alkyl halides is 13. The zero-order valence-corrected chi connectivity index (χ0v) is 23.6. The fourth-order valence-electron chi connectivity index (χ4n) is 6.78. The molecule has 4 aromatic rings. The van der Waals surface area contributed by atoms with Crippen molar-refractivity contribution in [2.75, 3.05) is 0 Å². The van der Waals surface area contributed by atoms with E-state index in [1.165, 1.54) is 18.2 Å². The molecule has 0 bridgehead atoms. The highest BCUT2D eigenvalue weighted by atomic mass is 19.4. The van der Waals surface area contributed by atoms with Gasteiger partial charge in [0, 0.05) is 17.4 Å². The van der Waals surface area contributed by atoms with Gasteiger partial charge in [0.2, 0.25) is 0 Å². The van der Waals surface area contributed by atoms with Gasteiger partial charge in [0.05, 0.1) is 0 Å². The second-order valence-corrected chi connectivity index (χ2v) is 11.7. The van der Waals surface area contributed by atoms with Crippen LogP contribution in [0.25, 0.3) is 0 Å². The van der Waals surface area contributed by atoms with Gasteiger partial charge in [-0.2, -0.15) is 57.1 Å². The molecule has 0 nitrogen and oxygen atoms in total. The Bertz CT molecular complexity index is 1790. The molecule has 248 valence electrons. The van der Waals surface area contributed by atoms with E-state index in [1.807, 2.05) is 0 Å². The lowest BCUT2D eigenvalue weighted by Gasteiger charge is -2.43. The molecule has 6 rings (SSSR count). The topological polar surface area (TPSA) is 0 Å². The first-order valence-electron chi connectivity index (χ1n) is 14.1. The standard InChI is InChI=1S/C34H21F13/c35-29(36,30(37,38)31(39,40)32(41,42)33(43,44)34(45,46)47)25-15-7-11-21-17-20-10-3-6-14-24(20)28(26(21)25)27-22-12-4-1-8-18(22)16-19-9-2-5-13-23(19)27/h1-15,27-28H,16-17H2. The monoisotopic (exact) mass is 676 g/mol. The number of rotatable bonds is 6. The molecule has 0 spiro atoms. The van der Waals surface area contributed by atoms with Crippen LogP contribution in [0.5, 0.6) is 0 Å². The Balaban J connectivity index is 1.61. The van der Waals surface area contributed by atoms with Gasteiger partial charge in [-0.15, -0.1) is 0 Å². The SMILES string of the molecule is FC(F)(F)C(F)(F)C(F)(F)C(F)(F)C(F)(F)C(F)(F)c1cccc2c1C(C1c3ccccc3Cc3ccccc31)c1ccccc1C2.